The lowest BCUT2D eigenvalue weighted by Crippen LogP contribution is -2.01. The summed E-state index contributed by atoms with van der Waals surface area (Å²) < 4.78 is 23.2. The van der Waals surface area contributed by atoms with Gasteiger partial charge in [0.1, 0.15) is 11.6 Å². The van der Waals surface area contributed by atoms with Crippen LogP contribution in [0.5, 0.6) is 11.5 Å². The molecule has 0 unspecified atom stereocenters. The average Bonchev–Trinajstić information content (AvgIpc) is 2.85. The minimum atomic E-state index is -0.344. The summed E-state index contributed by atoms with van der Waals surface area (Å²) in [6, 6.07) is 8.71. The zero-order valence-corrected chi connectivity index (χ0v) is 9.52. The van der Waals surface area contributed by atoms with E-state index in [1.165, 1.54) is 12.3 Å². The van der Waals surface area contributed by atoms with Gasteiger partial charge in [-0.3, -0.25) is 0 Å². The summed E-state index contributed by atoms with van der Waals surface area (Å²) in [5.74, 6) is 1.80. The smallest absolute Gasteiger partial charge is 0.231 e. The van der Waals surface area contributed by atoms with Crippen LogP contribution in [0, 0.1) is 5.82 Å². The first-order valence-corrected chi connectivity index (χ1v) is 5.55. The first-order valence-electron chi connectivity index (χ1n) is 5.55. The molecule has 18 heavy (non-hydrogen) atoms. The fourth-order valence-electron chi connectivity index (χ4n) is 1.72. The number of benzene rings is 1. The molecule has 2 heterocycles. The van der Waals surface area contributed by atoms with E-state index in [-0.39, 0.29) is 12.6 Å². The van der Waals surface area contributed by atoms with Gasteiger partial charge in [-0.05, 0) is 29.8 Å². The molecular weight excluding hydrogens is 235 g/mol. The van der Waals surface area contributed by atoms with Crippen molar-refractivity contribution in [2.24, 2.45) is 0 Å². The van der Waals surface area contributed by atoms with Crippen LogP contribution in [0.2, 0.25) is 0 Å². The Morgan fingerprint density at radius 1 is 1.17 bits per heavy atom. The molecule has 0 radical (unpaired) electrons. The third-order valence-corrected chi connectivity index (χ3v) is 2.64. The summed E-state index contributed by atoms with van der Waals surface area (Å²) in [5.41, 5.74) is 1.05. The molecule has 0 saturated carbocycles. The molecule has 92 valence electrons. The molecule has 0 fully saturated rings. The summed E-state index contributed by atoms with van der Waals surface area (Å²) in [7, 11) is 0. The van der Waals surface area contributed by atoms with Crippen LogP contribution in [-0.4, -0.2) is 11.8 Å². The van der Waals surface area contributed by atoms with Gasteiger partial charge in [0.05, 0.1) is 6.20 Å². The number of anilines is 1. The fourth-order valence-corrected chi connectivity index (χ4v) is 1.72. The van der Waals surface area contributed by atoms with E-state index in [0.717, 1.165) is 17.1 Å². The molecule has 0 aliphatic carbocycles. The van der Waals surface area contributed by atoms with Crippen molar-refractivity contribution < 1.29 is 13.9 Å². The van der Waals surface area contributed by atoms with Crippen LogP contribution in [0.1, 0.15) is 5.56 Å². The highest BCUT2D eigenvalue weighted by molar-refractivity contribution is 5.45. The summed E-state index contributed by atoms with van der Waals surface area (Å²) in [4.78, 5) is 3.92. The Bertz CT molecular complexity index is 557. The second-order valence-corrected chi connectivity index (χ2v) is 3.90. The topological polar surface area (TPSA) is 43.4 Å². The Balaban J connectivity index is 1.68. The number of hydrogen-bond donors (Lipinski definition) is 1. The number of ether oxygens (including phenoxy) is 2. The SMILES string of the molecule is Fc1ccc(NCc2ccc3c(c2)OCO3)nc1. The van der Waals surface area contributed by atoms with Gasteiger partial charge in [-0.1, -0.05) is 6.07 Å². The predicted molar refractivity (Wildman–Crippen MR) is 64.1 cm³/mol. The molecular formula is C13H11FN2O2. The Hall–Kier alpha value is -2.30. The van der Waals surface area contributed by atoms with E-state index in [1.54, 1.807) is 6.07 Å². The maximum atomic E-state index is 12.7. The van der Waals surface area contributed by atoms with Crippen LogP contribution in [0.3, 0.4) is 0 Å². The third kappa shape index (κ3) is 2.20. The van der Waals surface area contributed by atoms with Crippen molar-refractivity contribution >= 4 is 5.82 Å². The maximum absolute atomic E-state index is 12.7. The molecule has 1 aromatic heterocycles. The van der Waals surface area contributed by atoms with Gasteiger partial charge in [-0.25, -0.2) is 9.37 Å². The van der Waals surface area contributed by atoms with Crippen LogP contribution in [0.4, 0.5) is 10.2 Å². The highest BCUT2D eigenvalue weighted by Crippen LogP contribution is 2.32. The molecule has 0 atom stereocenters. The third-order valence-electron chi connectivity index (χ3n) is 2.64. The standard InChI is InChI=1S/C13H11FN2O2/c14-10-2-4-13(16-7-10)15-6-9-1-3-11-12(5-9)18-8-17-11/h1-5,7H,6,8H2,(H,15,16). The van der Waals surface area contributed by atoms with Gasteiger partial charge in [-0.2, -0.15) is 0 Å². The molecule has 0 amide bonds. The largest absolute Gasteiger partial charge is 0.454 e. The fraction of sp³-hybridized carbons (Fsp3) is 0.154. The first kappa shape index (κ1) is 10.8. The van der Waals surface area contributed by atoms with Crippen molar-refractivity contribution in [2.75, 3.05) is 12.1 Å². The van der Waals surface area contributed by atoms with Crippen LogP contribution in [-0.2, 0) is 6.54 Å². The van der Waals surface area contributed by atoms with E-state index in [2.05, 4.69) is 10.3 Å². The number of nitrogens with one attached hydrogen (secondary N) is 1. The summed E-state index contributed by atoms with van der Waals surface area (Å²) in [6.07, 6.45) is 1.18. The monoisotopic (exact) mass is 246 g/mol. The molecule has 3 rings (SSSR count). The van der Waals surface area contributed by atoms with Crippen LogP contribution in [0.15, 0.2) is 36.5 Å². The number of pyridine rings is 1. The van der Waals surface area contributed by atoms with E-state index in [1.807, 2.05) is 18.2 Å². The summed E-state index contributed by atoms with van der Waals surface area (Å²) in [6.45, 7) is 0.862. The number of nitrogens with zero attached hydrogens (tertiary/aromatic N) is 1. The highest BCUT2D eigenvalue weighted by Gasteiger charge is 2.12. The molecule has 1 aliphatic rings. The van der Waals surface area contributed by atoms with Gasteiger partial charge in [-0.15, -0.1) is 0 Å². The molecule has 0 bridgehead atoms. The average molecular weight is 246 g/mol. The van der Waals surface area contributed by atoms with E-state index in [0.29, 0.717) is 12.4 Å². The zero-order chi connectivity index (χ0) is 12.4. The van der Waals surface area contributed by atoms with Gasteiger partial charge in [0.25, 0.3) is 0 Å². The quantitative estimate of drug-likeness (QED) is 0.903. The van der Waals surface area contributed by atoms with Crippen LogP contribution < -0.4 is 14.8 Å². The van der Waals surface area contributed by atoms with Gasteiger partial charge >= 0.3 is 0 Å². The molecule has 1 aliphatic heterocycles. The Labute approximate surface area is 103 Å². The summed E-state index contributed by atoms with van der Waals surface area (Å²) in [5, 5.41) is 3.11. The van der Waals surface area contributed by atoms with E-state index < -0.39 is 0 Å². The number of aromatic nitrogens is 1. The number of halogens is 1. The van der Waals surface area contributed by atoms with Crippen molar-refractivity contribution in [1.29, 1.82) is 0 Å². The molecule has 0 saturated heterocycles. The Morgan fingerprint density at radius 2 is 2.06 bits per heavy atom. The molecule has 1 aromatic carbocycles. The predicted octanol–water partition coefficient (Wildman–Crippen LogP) is 2.56. The summed E-state index contributed by atoms with van der Waals surface area (Å²) >= 11 is 0. The molecule has 4 nitrogen and oxygen atoms in total. The first-order chi connectivity index (χ1) is 8.81. The normalized spacial score (nSPS) is 12.5. The van der Waals surface area contributed by atoms with E-state index >= 15 is 0 Å². The molecule has 0 spiro atoms. The van der Waals surface area contributed by atoms with E-state index in [9.17, 15) is 4.39 Å². The van der Waals surface area contributed by atoms with Gasteiger partial charge < -0.3 is 14.8 Å². The van der Waals surface area contributed by atoms with E-state index in [4.69, 9.17) is 9.47 Å². The van der Waals surface area contributed by atoms with Crippen LogP contribution >= 0.6 is 0 Å². The Kier molecular flexibility index (Phi) is 2.72. The van der Waals surface area contributed by atoms with Crippen molar-refractivity contribution in [2.45, 2.75) is 6.54 Å². The zero-order valence-electron chi connectivity index (χ0n) is 9.52. The minimum Gasteiger partial charge on any atom is -0.454 e. The van der Waals surface area contributed by atoms with Gasteiger partial charge in [0.15, 0.2) is 11.5 Å². The van der Waals surface area contributed by atoms with Crippen molar-refractivity contribution in [3.63, 3.8) is 0 Å². The van der Waals surface area contributed by atoms with Crippen molar-refractivity contribution in [3.8, 4) is 11.5 Å². The second kappa shape index (κ2) is 4.52. The van der Waals surface area contributed by atoms with Gasteiger partial charge in [0.2, 0.25) is 6.79 Å². The highest BCUT2D eigenvalue weighted by atomic mass is 19.1. The lowest BCUT2D eigenvalue weighted by molar-refractivity contribution is 0.174. The number of fused-ring (bicyclic) bond motifs is 1. The van der Waals surface area contributed by atoms with Gasteiger partial charge in [0, 0.05) is 6.54 Å². The Morgan fingerprint density at radius 3 is 2.89 bits per heavy atom. The molecule has 1 N–H and O–H groups in total. The second-order valence-electron chi connectivity index (χ2n) is 3.90. The van der Waals surface area contributed by atoms with Crippen LogP contribution in [0.25, 0.3) is 0 Å². The lowest BCUT2D eigenvalue weighted by atomic mass is 10.2. The van der Waals surface area contributed by atoms with Crippen molar-refractivity contribution in [3.05, 3.63) is 47.9 Å². The maximum Gasteiger partial charge on any atom is 0.231 e. The molecule has 2 aromatic rings. The number of rotatable bonds is 3. The van der Waals surface area contributed by atoms with Crippen molar-refractivity contribution in [1.82, 2.24) is 4.98 Å². The lowest BCUT2D eigenvalue weighted by Gasteiger charge is -2.06. The number of hydrogen-bond acceptors (Lipinski definition) is 4. The molecule has 5 heteroatoms. The minimum absolute atomic E-state index is 0.270.